The van der Waals surface area contributed by atoms with Crippen molar-refractivity contribution < 1.29 is 9.53 Å². The predicted molar refractivity (Wildman–Crippen MR) is 93.1 cm³/mol. The standard InChI is InChI=1S/C16H15N5O2S/c1-9-10(2)20-24-14(9)19-15-17-8-11-3-4-12(7-13(11)18-15)21-5-6-23-16(21)22/h3-4,7-8H,5-6H2,1-2H3,(H,17,18,19). The Labute approximate surface area is 142 Å². The van der Waals surface area contributed by atoms with Gasteiger partial charge in [-0.15, -0.1) is 0 Å². The number of ether oxygens (including phenoxy) is 1. The quantitative estimate of drug-likeness (QED) is 0.786. The van der Waals surface area contributed by atoms with Crippen LogP contribution in [0.1, 0.15) is 11.3 Å². The number of aromatic nitrogens is 3. The Morgan fingerprint density at radius 1 is 1.33 bits per heavy atom. The first kappa shape index (κ1) is 14.8. The molecule has 1 aliphatic heterocycles. The van der Waals surface area contributed by atoms with E-state index in [9.17, 15) is 4.79 Å². The largest absolute Gasteiger partial charge is 0.447 e. The number of carbonyl (C=O) groups excluding carboxylic acids is 1. The van der Waals surface area contributed by atoms with Gasteiger partial charge in [0.25, 0.3) is 0 Å². The number of aryl methyl sites for hydroxylation is 1. The van der Waals surface area contributed by atoms with Crippen LogP contribution >= 0.6 is 11.5 Å². The van der Waals surface area contributed by atoms with Crippen LogP contribution in [0.3, 0.4) is 0 Å². The van der Waals surface area contributed by atoms with Gasteiger partial charge in [-0.25, -0.2) is 14.8 Å². The van der Waals surface area contributed by atoms with E-state index >= 15 is 0 Å². The predicted octanol–water partition coefficient (Wildman–Crippen LogP) is 3.40. The Bertz CT molecular complexity index is 939. The summed E-state index contributed by atoms with van der Waals surface area (Å²) in [5.41, 5.74) is 3.64. The van der Waals surface area contributed by atoms with Crippen molar-refractivity contribution in [1.82, 2.24) is 14.3 Å². The molecule has 3 aromatic rings. The van der Waals surface area contributed by atoms with E-state index in [1.807, 2.05) is 32.0 Å². The molecule has 0 radical (unpaired) electrons. The molecule has 0 spiro atoms. The lowest BCUT2D eigenvalue weighted by Crippen LogP contribution is -2.23. The van der Waals surface area contributed by atoms with Crippen LogP contribution < -0.4 is 10.2 Å². The monoisotopic (exact) mass is 341 g/mol. The van der Waals surface area contributed by atoms with Crippen molar-refractivity contribution in [3.63, 3.8) is 0 Å². The van der Waals surface area contributed by atoms with Crippen molar-refractivity contribution in [2.45, 2.75) is 13.8 Å². The van der Waals surface area contributed by atoms with Gasteiger partial charge in [0.15, 0.2) is 0 Å². The van der Waals surface area contributed by atoms with Crippen LogP contribution in [-0.4, -0.2) is 33.6 Å². The van der Waals surface area contributed by atoms with E-state index in [2.05, 4.69) is 19.7 Å². The van der Waals surface area contributed by atoms with E-state index in [1.54, 1.807) is 11.1 Å². The smallest absolute Gasteiger partial charge is 0.414 e. The van der Waals surface area contributed by atoms with Gasteiger partial charge in [-0.3, -0.25) is 4.90 Å². The molecular formula is C16H15N5O2S. The Kier molecular flexibility index (Phi) is 3.53. The number of hydrogen-bond acceptors (Lipinski definition) is 7. The van der Waals surface area contributed by atoms with Crippen LogP contribution in [0, 0.1) is 13.8 Å². The topological polar surface area (TPSA) is 80.2 Å². The molecule has 1 amide bonds. The summed E-state index contributed by atoms with van der Waals surface area (Å²) in [5.74, 6) is 0.510. The lowest BCUT2D eigenvalue weighted by Gasteiger charge is -2.13. The zero-order valence-corrected chi connectivity index (χ0v) is 14.1. The normalized spacial score (nSPS) is 14.2. The molecule has 1 aliphatic rings. The molecule has 2 aromatic heterocycles. The van der Waals surface area contributed by atoms with E-state index in [4.69, 9.17) is 4.74 Å². The maximum atomic E-state index is 11.7. The number of hydrogen-bond donors (Lipinski definition) is 1. The number of nitrogens with one attached hydrogen (secondary N) is 1. The molecule has 24 heavy (non-hydrogen) atoms. The number of benzene rings is 1. The van der Waals surface area contributed by atoms with Crippen LogP contribution in [0.15, 0.2) is 24.4 Å². The number of anilines is 3. The summed E-state index contributed by atoms with van der Waals surface area (Å²) >= 11 is 1.39. The molecule has 122 valence electrons. The molecule has 0 bridgehead atoms. The summed E-state index contributed by atoms with van der Waals surface area (Å²) in [6.07, 6.45) is 1.44. The van der Waals surface area contributed by atoms with Gasteiger partial charge in [0.1, 0.15) is 11.6 Å². The highest BCUT2D eigenvalue weighted by Gasteiger charge is 2.23. The molecule has 0 aliphatic carbocycles. The molecular weight excluding hydrogens is 326 g/mol. The van der Waals surface area contributed by atoms with Crippen molar-refractivity contribution in [3.05, 3.63) is 35.7 Å². The van der Waals surface area contributed by atoms with Gasteiger partial charge in [0.2, 0.25) is 5.95 Å². The second-order valence-electron chi connectivity index (χ2n) is 5.55. The van der Waals surface area contributed by atoms with Gasteiger partial charge < -0.3 is 10.1 Å². The average Bonchev–Trinajstić information content (AvgIpc) is 3.15. The summed E-state index contributed by atoms with van der Waals surface area (Å²) in [6, 6.07) is 5.66. The minimum atomic E-state index is -0.322. The summed E-state index contributed by atoms with van der Waals surface area (Å²) in [6.45, 7) is 4.95. The Balaban J connectivity index is 1.68. The van der Waals surface area contributed by atoms with Crippen molar-refractivity contribution in [2.75, 3.05) is 23.4 Å². The van der Waals surface area contributed by atoms with Gasteiger partial charge in [0, 0.05) is 22.8 Å². The first-order chi connectivity index (χ1) is 11.6. The number of amides is 1. The minimum Gasteiger partial charge on any atom is -0.447 e. The molecule has 7 nitrogen and oxygen atoms in total. The lowest BCUT2D eigenvalue weighted by molar-refractivity contribution is 0.181. The van der Waals surface area contributed by atoms with Gasteiger partial charge in [-0.1, -0.05) is 0 Å². The van der Waals surface area contributed by atoms with Crippen molar-refractivity contribution in [2.24, 2.45) is 0 Å². The van der Waals surface area contributed by atoms with Crippen molar-refractivity contribution in [3.8, 4) is 0 Å². The molecule has 1 fully saturated rings. The maximum absolute atomic E-state index is 11.7. The highest BCUT2D eigenvalue weighted by atomic mass is 32.1. The van der Waals surface area contributed by atoms with Crippen LogP contribution in [0.25, 0.3) is 10.9 Å². The number of rotatable bonds is 3. The van der Waals surface area contributed by atoms with Gasteiger partial charge in [0.05, 0.1) is 17.8 Å². The SMILES string of the molecule is Cc1nsc(Nc2ncc3ccc(N4CCOC4=O)cc3n2)c1C. The summed E-state index contributed by atoms with van der Waals surface area (Å²) in [5, 5.41) is 5.06. The number of carbonyl (C=O) groups is 1. The summed E-state index contributed by atoms with van der Waals surface area (Å²) < 4.78 is 9.30. The zero-order chi connectivity index (χ0) is 16.7. The maximum Gasteiger partial charge on any atom is 0.414 e. The first-order valence-electron chi connectivity index (χ1n) is 7.53. The highest BCUT2D eigenvalue weighted by molar-refractivity contribution is 7.10. The Morgan fingerprint density at radius 2 is 2.21 bits per heavy atom. The number of fused-ring (bicyclic) bond motifs is 1. The molecule has 1 N–H and O–H groups in total. The molecule has 1 aromatic carbocycles. The summed E-state index contributed by atoms with van der Waals surface area (Å²) in [4.78, 5) is 22.2. The molecule has 4 rings (SSSR count). The molecule has 0 unspecified atom stereocenters. The molecule has 0 saturated carbocycles. The molecule has 8 heteroatoms. The van der Waals surface area contributed by atoms with E-state index < -0.39 is 0 Å². The van der Waals surface area contributed by atoms with Crippen molar-refractivity contribution >= 4 is 45.2 Å². The van der Waals surface area contributed by atoms with E-state index in [1.165, 1.54) is 11.5 Å². The fourth-order valence-corrected chi connectivity index (χ4v) is 3.29. The fourth-order valence-electron chi connectivity index (χ4n) is 2.50. The zero-order valence-electron chi connectivity index (χ0n) is 13.2. The molecule has 1 saturated heterocycles. The second kappa shape index (κ2) is 5.72. The van der Waals surface area contributed by atoms with Crippen LogP contribution in [0.2, 0.25) is 0 Å². The molecule has 3 heterocycles. The Morgan fingerprint density at radius 3 is 2.92 bits per heavy atom. The third-order valence-electron chi connectivity index (χ3n) is 4.02. The van der Waals surface area contributed by atoms with Crippen LogP contribution in [0.5, 0.6) is 0 Å². The summed E-state index contributed by atoms with van der Waals surface area (Å²) in [7, 11) is 0. The minimum absolute atomic E-state index is 0.322. The van der Waals surface area contributed by atoms with Gasteiger partial charge in [-0.05, 0) is 43.6 Å². The Hall–Kier alpha value is -2.74. The number of cyclic esters (lactones) is 1. The van der Waals surface area contributed by atoms with Gasteiger partial charge in [-0.2, -0.15) is 4.37 Å². The fraction of sp³-hybridized carbons (Fsp3) is 0.250. The second-order valence-corrected chi connectivity index (χ2v) is 6.32. The molecule has 0 atom stereocenters. The number of nitrogens with zero attached hydrogens (tertiary/aromatic N) is 4. The van der Waals surface area contributed by atoms with Gasteiger partial charge >= 0.3 is 6.09 Å². The van der Waals surface area contributed by atoms with E-state index in [0.717, 1.165) is 32.8 Å². The van der Waals surface area contributed by atoms with Crippen LogP contribution in [-0.2, 0) is 4.74 Å². The third kappa shape index (κ3) is 2.54. The third-order valence-corrected chi connectivity index (χ3v) is 4.98. The van der Waals surface area contributed by atoms with Crippen molar-refractivity contribution in [1.29, 1.82) is 0 Å². The lowest BCUT2D eigenvalue weighted by atomic mass is 10.2. The van der Waals surface area contributed by atoms with E-state index in [-0.39, 0.29) is 6.09 Å². The average molecular weight is 341 g/mol. The van der Waals surface area contributed by atoms with E-state index in [0.29, 0.717) is 19.1 Å². The van der Waals surface area contributed by atoms with Crippen LogP contribution in [0.4, 0.5) is 21.4 Å². The highest BCUT2D eigenvalue weighted by Crippen LogP contribution is 2.27. The first-order valence-corrected chi connectivity index (χ1v) is 8.30.